The van der Waals surface area contributed by atoms with E-state index in [1.54, 1.807) is 24.3 Å². The second kappa shape index (κ2) is 7.29. The van der Waals surface area contributed by atoms with Gasteiger partial charge < -0.3 is 16.8 Å². The summed E-state index contributed by atoms with van der Waals surface area (Å²) in [6.07, 6.45) is 5.90. The number of hydrogen-bond acceptors (Lipinski definition) is 6. The Morgan fingerprint density at radius 3 is 2.79 bits per heavy atom. The van der Waals surface area contributed by atoms with E-state index in [9.17, 15) is 9.59 Å². The summed E-state index contributed by atoms with van der Waals surface area (Å²) in [6, 6.07) is 6.72. The Morgan fingerprint density at radius 1 is 1.24 bits per heavy atom. The minimum absolute atomic E-state index is 0.103. The van der Waals surface area contributed by atoms with Gasteiger partial charge in [-0.05, 0) is 30.5 Å². The SMILES string of the molecule is C[C@@H](NC(=O)c1cccc(C2C=c3sc4c(N)ncnc4c3=C[C@@H]2C)c1)C(N)=O. The number of carbonyl (C=O) groups excluding carboxylic acids is 2. The van der Waals surface area contributed by atoms with Gasteiger partial charge in [-0.2, -0.15) is 0 Å². The van der Waals surface area contributed by atoms with Crippen LogP contribution in [0.3, 0.4) is 0 Å². The van der Waals surface area contributed by atoms with E-state index in [1.165, 1.54) is 6.33 Å². The highest BCUT2D eigenvalue weighted by atomic mass is 32.1. The molecule has 0 radical (unpaired) electrons. The number of rotatable bonds is 4. The first-order chi connectivity index (χ1) is 13.8. The number of primary amides is 1. The molecular formula is C21H21N5O2S. The summed E-state index contributed by atoms with van der Waals surface area (Å²) in [6.45, 7) is 3.70. The monoisotopic (exact) mass is 407 g/mol. The molecule has 148 valence electrons. The third kappa shape index (κ3) is 3.47. The predicted molar refractivity (Wildman–Crippen MR) is 114 cm³/mol. The number of hydrogen-bond donors (Lipinski definition) is 3. The van der Waals surface area contributed by atoms with Gasteiger partial charge in [0.15, 0.2) is 0 Å². The Balaban J connectivity index is 1.72. The van der Waals surface area contributed by atoms with Crippen molar-refractivity contribution in [1.82, 2.24) is 15.3 Å². The maximum absolute atomic E-state index is 12.5. The van der Waals surface area contributed by atoms with Crippen LogP contribution in [0, 0.1) is 5.92 Å². The molecule has 3 atom stereocenters. The lowest BCUT2D eigenvalue weighted by Gasteiger charge is -2.21. The smallest absolute Gasteiger partial charge is 0.251 e. The first-order valence-corrected chi connectivity index (χ1v) is 10.1. The fraction of sp³-hybridized carbons (Fsp3) is 0.238. The first kappa shape index (κ1) is 19.1. The Kier molecular flexibility index (Phi) is 4.79. The van der Waals surface area contributed by atoms with Crippen molar-refractivity contribution in [3.63, 3.8) is 0 Å². The van der Waals surface area contributed by atoms with Gasteiger partial charge in [0.25, 0.3) is 5.91 Å². The maximum atomic E-state index is 12.5. The zero-order chi connectivity index (χ0) is 20.7. The molecule has 1 aliphatic carbocycles. The molecule has 0 spiro atoms. The zero-order valence-electron chi connectivity index (χ0n) is 16.0. The molecule has 0 aliphatic heterocycles. The number of nitrogens with zero attached hydrogens (tertiary/aromatic N) is 2. The van der Waals surface area contributed by atoms with Gasteiger partial charge in [0.05, 0.1) is 10.2 Å². The molecule has 3 aromatic rings. The van der Waals surface area contributed by atoms with Crippen molar-refractivity contribution in [2.45, 2.75) is 25.8 Å². The van der Waals surface area contributed by atoms with Crippen LogP contribution in [0.4, 0.5) is 5.82 Å². The molecule has 7 nitrogen and oxygen atoms in total. The molecule has 1 unspecified atom stereocenters. The second-order valence-corrected chi connectivity index (χ2v) is 8.31. The van der Waals surface area contributed by atoms with Crippen LogP contribution in [0.5, 0.6) is 0 Å². The third-order valence-corrected chi connectivity index (χ3v) is 6.38. The minimum atomic E-state index is -0.729. The fourth-order valence-electron chi connectivity index (χ4n) is 3.57. The van der Waals surface area contributed by atoms with Crippen LogP contribution in [0.25, 0.3) is 22.4 Å². The van der Waals surface area contributed by atoms with Crippen molar-refractivity contribution in [2.75, 3.05) is 5.73 Å². The number of nitrogens with one attached hydrogen (secondary N) is 1. The largest absolute Gasteiger partial charge is 0.382 e. The van der Waals surface area contributed by atoms with Gasteiger partial charge in [0.2, 0.25) is 5.91 Å². The van der Waals surface area contributed by atoms with Crippen LogP contribution in [-0.4, -0.2) is 27.8 Å². The molecule has 4 rings (SSSR count). The summed E-state index contributed by atoms with van der Waals surface area (Å²) in [7, 11) is 0. The highest BCUT2D eigenvalue weighted by Crippen LogP contribution is 2.31. The topological polar surface area (TPSA) is 124 Å². The predicted octanol–water partition coefficient (Wildman–Crippen LogP) is 0.872. The number of anilines is 1. The third-order valence-electron chi connectivity index (χ3n) is 5.20. The van der Waals surface area contributed by atoms with Gasteiger partial charge in [-0.25, -0.2) is 9.97 Å². The van der Waals surface area contributed by atoms with Gasteiger partial charge in [0, 0.05) is 21.2 Å². The Bertz CT molecular complexity index is 1250. The summed E-state index contributed by atoms with van der Waals surface area (Å²) >= 11 is 1.58. The lowest BCUT2D eigenvalue weighted by atomic mass is 9.83. The molecule has 0 bridgehead atoms. The normalized spacial score (nSPS) is 19.0. The van der Waals surface area contributed by atoms with E-state index in [1.807, 2.05) is 18.2 Å². The average molecular weight is 407 g/mol. The van der Waals surface area contributed by atoms with Crippen molar-refractivity contribution in [3.05, 3.63) is 51.5 Å². The van der Waals surface area contributed by atoms with Crippen molar-refractivity contribution >= 4 is 51.3 Å². The van der Waals surface area contributed by atoms with Gasteiger partial charge >= 0.3 is 0 Å². The molecule has 8 heteroatoms. The number of benzene rings is 1. The fourth-order valence-corrected chi connectivity index (χ4v) is 4.69. The molecule has 29 heavy (non-hydrogen) atoms. The molecule has 1 aliphatic rings. The molecule has 2 amide bonds. The summed E-state index contributed by atoms with van der Waals surface area (Å²) in [5.41, 5.74) is 13.7. The van der Waals surface area contributed by atoms with Crippen LogP contribution in [0.2, 0.25) is 0 Å². The van der Waals surface area contributed by atoms with Gasteiger partial charge in [0.1, 0.15) is 18.2 Å². The Morgan fingerprint density at radius 2 is 2.03 bits per heavy atom. The molecule has 0 fully saturated rings. The van der Waals surface area contributed by atoms with Gasteiger partial charge in [-0.3, -0.25) is 9.59 Å². The number of nitrogen functional groups attached to an aromatic ring is 1. The lowest BCUT2D eigenvalue weighted by molar-refractivity contribution is -0.119. The summed E-state index contributed by atoms with van der Waals surface area (Å²) < 4.78 is 2.00. The number of thiophene rings is 1. The van der Waals surface area contributed by atoms with E-state index in [2.05, 4.69) is 34.4 Å². The lowest BCUT2D eigenvalue weighted by Crippen LogP contribution is -2.42. The van der Waals surface area contributed by atoms with Crippen molar-refractivity contribution in [2.24, 2.45) is 11.7 Å². The average Bonchev–Trinajstić information content (AvgIpc) is 3.06. The highest BCUT2D eigenvalue weighted by molar-refractivity contribution is 7.17. The van der Waals surface area contributed by atoms with Crippen LogP contribution in [-0.2, 0) is 4.79 Å². The van der Waals surface area contributed by atoms with E-state index < -0.39 is 11.9 Å². The molecule has 2 heterocycles. The van der Waals surface area contributed by atoms with E-state index in [4.69, 9.17) is 11.5 Å². The van der Waals surface area contributed by atoms with Crippen molar-refractivity contribution < 1.29 is 9.59 Å². The number of aromatic nitrogens is 2. The standard InChI is InChI=1S/C21H21N5O2S/c1-10-6-15-16(29-18-17(15)24-9-25-19(18)22)8-14(10)12-4-3-5-13(7-12)21(28)26-11(2)20(23)27/h3-11,14H,1-2H3,(H2,23,27)(H,26,28)(H2,22,24,25)/t10-,11+,14?/m0/s1. The van der Waals surface area contributed by atoms with E-state index in [0.717, 1.165) is 25.5 Å². The van der Waals surface area contributed by atoms with Crippen LogP contribution < -0.4 is 26.5 Å². The molecular weight excluding hydrogens is 386 g/mol. The van der Waals surface area contributed by atoms with Crippen LogP contribution in [0.1, 0.15) is 35.7 Å². The Labute approximate surface area is 171 Å². The maximum Gasteiger partial charge on any atom is 0.251 e. The van der Waals surface area contributed by atoms with E-state index >= 15 is 0 Å². The van der Waals surface area contributed by atoms with Gasteiger partial charge in [-0.15, -0.1) is 11.3 Å². The van der Waals surface area contributed by atoms with Crippen LogP contribution in [0.15, 0.2) is 30.6 Å². The summed E-state index contributed by atoms with van der Waals surface area (Å²) in [4.78, 5) is 32.2. The molecule has 0 saturated carbocycles. The molecule has 0 saturated heterocycles. The number of carbonyl (C=O) groups is 2. The zero-order valence-corrected chi connectivity index (χ0v) is 16.9. The first-order valence-electron chi connectivity index (χ1n) is 9.28. The highest BCUT2D eigenvalue weighted by Gasteiger charge is 2.22. The summed E-state index contributed by atoms with van der Waals surface area (Å²) in [5, 5.41) is 3.71. The van der Waals surface area contributed by atoms with Crippen LogP contribution >= 0.6 is 11.3 Å². The van der Waals surface area contributed by atoms with E-state index in [0.29, 0.717) is 11.4 Å². The molecule has 2 aromatic heterocycles. The summed E-state index contributed by atoms with van der Waals surface area (Å²) in [5.74, 6) is -0.0951. The molecule has 5 N–H and O–H groups in total. The van der Waals surface area contributed by atoms with Gasteiger partial charge in [-0.1, -0.05) is 31.2 Å². The number of amides is 2. The Hall–Kier alpha value is -3.26. The number of fused-ring (bicyclic) bond motifs is 3. The van der Waals surface area contributed by atoms with E-state index in [-0.39, 0.29) is 17.7 Å². The number of nitrogens with two attached hydrogens (primary N) is 2. The van der Waals surface area contributed by atoms with Crippen molar-refractivity contribution in [1.29, 1.82) is 0 Å². The molecule has 1 aromatic carbocycles. The van der Waals surface area contributed by atoms with Crippen molar-refractivity contribution in [3.8, 4) is 0 Å². The quantitative estimate of drug-likeness (QED) is 0.592. The second-order valence-electron chi connectivity index (χ2n) is 7.26. The minimum Gasteiger partial charge on any atom is -0.382 e.